The molecule has 1 aromatic heterocycles. The Morgan fingerprint density at radius 3 is 2.67 bits per heavy atom. The molecule has 4 nitrogen and oxygen atoms in total. The van der Waals surface area contributed by atoms with Gasteiger partial charge in [0.1, 0.15) is 5.75 Å². The van der Waals surface area contributed by atoms with Crippen LogP contribution in [0.5, 0.6) is 0 Å². The van der Waals surface area contributed by atoms with Crippen molar-refractivity contribution in [3.63, 3.8) is 0 Å². The minimum atomic E-state index is -1.24. The Morgan fingerprint density at radius 2 is 2.05 bits per heavy atom. The molecular weight excluding hydrogens is 304 g/mol. The van der Waals surface area contributed by atoms with Crippen molar-refractivity contribution in [1.82, 2.24) is 4.98 Å². The van der Waals surface area contributed by atoms with Gasteiger partial charge in [-0.05, 0) is 12.1 Å². The molecule has 0 fully saturated rings. The van der Waals surface area contributed by atoms with Gasteiger partial charge in [0.05, 0.1) is 16.5 Å². The topological polar surface area (TPSA) is 59.1 Å². The van der Waals surface area contributed by atoms with Crippen LogP contribution >= 0.6 is 11.3 Å². The summed E-state index contributed by atoms with van der Waals surface area (Å²) in [5.41, 5.74) is 1.52. The first kappa shape index (κ1) is 15.9. The van der Waals surface area contributed by atoms with Crippen LogP contribution in [-0.4, -0.2) is 20.9 Å². The predicted molar refractivity (Wildman–Crippen MR) is 88.0 cm³/mol. The number of hydrogen-bond donors (Lipinski definition) is 1. The van der Waals surface area contributed by atoms with Crippen molar-refractivity contribution in [2.45, 2.75) is 25.5 Å². The number of aromatic nitrogens is 1. The zero-order chi connectivity index (χ0) is 15.2. The molecule has 6 heteroatoms. The zero-order valence-corrected chi connectivity index (χ0v) is 13.7. The molecule has 2 aromatic rings. The highest BCUT2D eigenvalue weighted by molar-refractivity contribution is 7.84. The molecule has 0 aliphatic rings. The number of para-hydroxylation sites is 1. The highest BCUT2D eigenvalue weighted by atomic mass is 32.2. The van der Waals surface area contributed by atoms with E-state index in [0.717, 1.165) is 16.4 Å². The van der Waals surface area contributed by atoms with Crippen LogP contribution in [0.1, 0.15) is 30.5 Å². The summed E-state index contributed by atoms with van der Waals surface area (Å²) in [4.78, 5) is 16.2. The summed E-state index contributed by atoms with van der Waals surface area (Å²) in [6.07, 6.45) is 0. The fourth-order valence-corrected chi connectivity index (χ4v) is 3.62. The third kappa shape index (κ3) is 5.06. The van der Waals surface area contributed by atoms with Crippen LogP contribution in [0.25, 0.3) is 0 Å². The number of carbonyl (C=O) groups excluding carboxylic acids is 1. The van der Waals surface area contributed by atoms with Crippen LogP contribution in [0.2, 0.25) is 0 Å². The Kier molecular flexibility index (Phi) is 5.64. The second-order valence-electron chi connectivity index (χ2n) is 4.97. The quantitative estimate of drug-likeness (QED) is 0.889. The second-order valence-corrected chi connectivity index (χ2v) is 7.32. The van der Waals surface area contributed by atoms with Gasteiger partial charge in [-0.15, -0.1) is 11.3 Å². The summed E-state index contributed by atoms with van der Waals surface area (Å²) in [6.45, 7) is 4.15. The molecule has 0 saturated heterocycles. The predicted octanol–water partition coefficient (Wildman–Crippen LogP) is 3.15. The maximum absolute atomic E-state index is 12.0. The van der Waals surface area contributed by atoms with Gasteiger partial charge in [-0.1, -0.05) is 32.0 Å². The van der Waals surface area contributed by atoms with Gasteiger partial charge in [-0.2, -0.15) is 0 Å². The Morgan fingerprint density at radius 1 is 1.33 bits per heavy atom. The maximum Gasteiger partial charge on any atom is 0.237 e. The molecule has 0 bridgehead atoms. The molecule has 0 aliphatic heterocycles. The maximum atomic E-state index is 12.0. The molecule has 2 rings (SSSR count). The van der Waals surface area contributed by atoms with Crippen molar-refractivity contribution < 1.29 is 9.00 Å². The molecule has 0 aliphatic carbocycles. The normalized spacial score (nSPS) is 12.3. The SMILES string of the molecule is CC(C)c1nc(C[S@](=O)CC(=O)Nc2ccccc2)cs1. The largest absolute Gasteiger partial charge is 0.325 e. The van der Waals surface area contributed by atoms with E-state index < -0.39 is 10.8 Å². The summed E-state index contributed by atoms with van der Waals surface area (Å²) < 4.78 is 12.0. The first-order valence-electron chi connectivity index (χ1n) is 6.69. The van der Waals surface area contributed by atoms with Crippen LogP contribution in [0.3, 0.4) is 0 Å². The van der Waals surface area contributed by atoms with Gasteiger partial charge in [-0.25, -0.2) is 4.98 Å². The molecule has 1 amide bonds. The van der Waals surface area contributed by atoms with E-state index in [-0.39, 0.29) is 11.7 Å². The average molecular weight is 322 g/mol. The smallest absolute Gasteiger partial charge is 0.237 e. The van der Waals surface area contributed by atoms with Crippen molar-refractivity contribution in [3.8, 4) is 0 Å². The van der Waals surface area contributed by atoms with E-state index >= 15 is 0 Å². The standard InChI is InChI=1S/C15H18N2O2S2/c1-11(2)15-17-13(8-20-15)9-21(19)10-14(18)16-12-6-4-3-5-7-12/h3-8,11H,9-10H2,1-2H3,(H,16,18)/t21-/m0/s1. The highest BCUT2D eigenvalue weighted by Crippen LogP contribution is 2.19. The molecule has 1 N–H and O–H groups in total. The number of nitrogens with one attached hydrogen (secondary N) is 1. The van der Waals surface area contributed by atoms with E-state index in [1.165, 1.54) is 0 Å². The van der Waals surface area contributed by atoms with E-state index in [2.05, 4.69) is 24.1 Å². The summed E-state index contributed by atoms with van der Waals surface area (Å²) in [6, 6.07) is 9.17. The summed E-state index contributed by atoms with van der Waals surface area (Å²) >= 11 is 1.58. The lowest BCUT2D eigenvalue weighted by molar-refractivity contribution is -0.113. The van der Waals surface area contributed by atoms with E-state index in [1.54, 1.807) is 23.5 Å². The second kappa shape index (κ2) is 7.47. The lowest BCUT2D eigenvalue weighted by Crippen LogP contribution is -2.20. The molecular formula is C15H18N2O2S2. The van der Waals surface area contributed by atoms with Crippen LogP contribution < -0.4 is 5.32 Å². The number of nitrogens with zero attached hydrogens (tertiary/aromatic N) is 1. The van der Waals surface area contributed by atoms with Crippen LogP contribution in [0.4, 0.5) is 5.69 Å². The molecule has 1 heterocycles. The number of rotatable bonds is 6. The number of amides is 1. The molecule has 0 saturated carbocycles. The van der Waals surface area contributed by atoms with Crippen molar-refractivity contribution in [2.75, 3.05) is 11.1 Å². The Balaban J connectivity index is 1.85. The van der Waals surface area contributed by atoms with E-state index in [9.17, 15) is 9.00 Å². The first-order chi connectivity index (χ1) is 10.0. The van der Waals surface area contributed by atoms with Gasteiger partial charge < -0.3 is 5.32 Å². The lowest BCUT2D eigenvalue weighted by Gasteiger charge is -2.04. The number of hydrogen-bond acceptors (Lipinski definition) is 4. The van der Waals surface area contributed by atoms with Crippen molar-refractivity contribution in [1.29, 1.82) is 0 Å². The minimum absolute atomic E-state index is 0.0105. The molecule has 112 valence electrons. The van der Waals surface area contributed by atoms with Crippen molar-refractivity contribution in [3.05, 3.63) is 46.4 Å². The van der Waals surface area contributed by atoms with Crippen LogP contribution in [-0.2, 0) is 21.3 Å². The Bertz CT molecular complexity index is 624. The molecule has 21 heavy (non-hydrogen) atoms. The first-order valence-corrected chi connectivity index (χ1v) is 9.05. The molecule has 0 radical (unpaired) electrons. The van der Waals surface area contributed by atoms with Crippen LogP contribution in [0.15, 0.2) is 35.7 Å². The molecule has 1 atom stereocenters. The summed E-state index contributed by atoms with van der Waals surface area (Å²) in [7, 11) is -1.24. The third-order valence-electron chi connectivity index (χ3n) is 2.72. The third-order valence-corrected chi connectivity index (χ3v) is 5.12. The monoisotopic (exact) mass is 322 g/mol. The summed E-state index contributed by atoms with van der Waals surface area (Å²) in [5, 5.41) is 5.69. The van der Waals surface area contributed by atoms with E-state index in [4.69, 9.17) is 0 Å². The van der Waals surface area contributed by atoms with Crippen LogP contribution in [0, 0.1) is 0 Å². The Labute approximate surface area is 131 Å². The van der Waals surface area contributed by atoms with Gasteiger partial charge >= 0.3 is 0 Å². The fourth-order valence-electron chi connectivity index (χ4n) is 1.73. The highest BCUT2D eigenvalue weighted by Gasteiger charge is 2.12. The Hall–Kier alpha value is -1.53. The van der Waals surface area contributed by atoms with Crippen molar-refractivity contribution >= 4 is 33.7 Å². The number of thiazole rings is 1. The molecule has 0 spiro atoms. The van der Waals surface area contributed by atoms with Crippen molar-refractivity contribution in [2.24, 2.45) is 0 Å². The number of anilines is 1. The number of carbonyl (C=O) groups is 1. The molecule has 1 aromatic carbocycles. The summed E-state index contributed by atoms with van der Waals surface area (Å²) in [5.74, 6) is 0.451. The van der Waals surface area contributed by atoms with Gasteiger partial charge in [0.25, 0.3) is 0 Å². The average Bonchev–Trinajstić information content (AvgIpc) is 2.88. The lowest BCUT2D eigenvalue weighted by atomic mass is 10.2. The van der Waals surface area contributed by atoms with E-state index in [1.807, 2.05) is 23.6 Å². The van der Waals surface area contributed by atoms with E-state index in [0.29, 0.717) is 11.7 Å². The van der Waals surface area contributed by atoms with Gasteiger partial charge in [0.15, 0.2) is 0 Å². The van der Waals surface area contributed by atoms with Gasteiger partial charge in [0.2, 0.25) is 5.91 Å². The zero-order valence-electron chi connectivity index (χ0n) is 12.0. The number of benzene rings is 1. The minimum Gasteiger partial charge on any atom is -0.325 e. The molecule has 0 unspecified atom stereocenters. The fraction of sp³-hybridized carbons (Fsp3) is 0.333. The van der Waals surface area contributed by atoms with Gasteiger partial charge in [-0.3, -0.25) is 9.00 Å². The van der Waals surface area contributed by atoms with Gasteiger partial charge in [0, 0.05) is 27.8 Å².